The molecular weight excluding hydrogens is 302 g/mol. The van der Waals surface area contributed by atoms with Crippen molar-refractivity contribution in [3.8, 4) is 0 Å². The minimum atomic E-state index is -0.313. The molecule has 0 atom stereocenters. The van der Waals surface area contributed by atoms with Gasteiger partial charge in [0.1, 0.15) is 0 Å². The molecule has 4 heteroatoms. The van der Waals surface area contributed by atoms with Crippen LogP contribution in [0.5, 0.6) is 0 Å². The highest BCUT2D eigenvalue weighted by molar-refractivity contribution is 5.81. The van der Waals surface area contributed by atoms with E-state index in [9.17, 15) is 9.59 Å². The molecule has 1 rings (SSSR count). The van der Waals surface area contributed by atoms with E-state index in [0.717, 1.165) is 11.1 Å². The first-order valence-corrected chi connectivity index (χ1v) is 8.58. The van der Waals surface area contributed by atoms with E-state index >= 15 is 0 Å². The highest BCUT2D eigenvalue weighted by Gasteiger charge is 2.17. The van der Waals surface area contributed by atoms with Crippen molar-refractivity contribution in [2.45, 2.75) is 40.5 Å². The summed E-state index contributed by atoms with van der Waals surface area (Å²) in [5.74, 6) is 0.0607. The van der Waals surface area contributed by atoms with Gasteiger partial charge in [-0.1, -0.05) is 55.8 Å². The van der Waals surface area contributed by atoms with Crippen molar-refractivity contribution in [1.29, 1.82) is 0 Å². The summed E-state index contributed by atoms with van der Waals surface area (Å²) in [6.07, 6.45) is 2.43. The van der Waals surface area contributed by atoms with Crippen LogP contribution < -0.4 is 0 Å². The third-order valence-corrected chi connectivity index (χ3v) is 3.44. The Hall–Kier alpha value is -2.10. The molecule has 0 saturated carbocycles. The van der Waals surface area contributed by atoms with Gasteiger partial charge in [-0.25, -0.2) is 0 Å². The summed E-state index contributed by atoms with van der Waals surface area (Å²) in [6, 6.07) is 10.1. The molecule has 0 unspecified atom stereocenters. The second-order valence-electron chi connectivity index (χ2n) is 6.37. The molecule has 4 nitrogen and oxygen atoms in total. The van der Waals surface area contributed by atoms with Crippen LogP contribution in [-0.2, 0) is 14.3 Å². The molecular formula is C20H29NO3. The second kappa shape index (κ2) is 10.6. The monoisotopic (exact) mass is 331 g/mol. The van der Waals surface area contributed by atoms with Crippen LogP contribution in [0.4, 0.5) is 0 Å². The molecule has 0 aliphatic rings. The number of hydrogen-bond acceptors (Lipinski definition) is 3. The molecule has 0 aliphatic carbocycles. The van der Waals surface area contributed by atoms with E-state index < -0.39 is 0 Å². The van der Waals surface area contributed by atoms with Crippen molar-refractivity contribution in [1.82, 2.24) is 4.90 Å². The average molecular weight is 331 g/mol. The van der Waals surface area contributed by atoms with Crippen molar-refractivity contribution in [2.24, 2.45) is 5.92 Å². The van der Waals surface area contributed by atoms with Crippen molar-refractivity contribution < 1.29 is 14.3 Å². The maximum atomic E-state index is 12.5. The zero-order valence-electron chi connectivity index (χ0n) is 15.2. The first-order chi connectivity index (χ1) is 11.4. The molecule has 0 heterocycles. The van der Waals surface area contributed by atoms with Gasteiger partial charge in [-0.2, -0.15) is 0 Å². The molecule has 0 fully saturated rings. The van der Waals surface area contributed by atoms with E-state index in [2.05, 4.69) is 19.9 Å². The summed E-state index contributed by atoms with van der Waals surface area (Å²) < 4.78 is 4.89. The first-order valence-electron chi connectivity index (χ1n) is 8.58. The fraction of sp³-hybridized carbons (Fsp3) is 0.500. The van der Waals surface area contributed by atoms with Gasteiger partial charge in [-0.15, -0.1) is 0 Å². The molecule has 1 amide bonds. The molecule has 0 bridgehead atoms. The van der Waals surface area contributed by atoms with Gasteiger partial charge in [-0.3, -0.25) is 9.59 Å². The van der Waals surface area contributed by atoms with Crippen LogP contribution >= 0.6 is 0 Å². The SMILES string of the molecule is CCOC(=O)CCC(=O)N(C/C(C)=C/c1ccccc1)CC(C)C. The van der Waals surface area contributed by atoms with Gasteiger partial charge in [0.25, 0.3) is 0 Å². The Morgan fingerprint density at radius 3 is 2.42 bits per heavy atom. The standard InChI is InChI=1S/C20H29NO3/c1-5-24-20(23)12-11-19(22)21(14-16(2)3)15-17(4)13-18-9-7-6-8-10-18/h6-10,13,16H,5,11-12,14-15H2,1-4H3/b17-13+. The number of benzene rings is 1. The summed E-state index contributed by atoms with van der Waals surface area (Å²) in [4.78, 5) is 25.7. The number of carbonyl (C=O) groups is 2. The van der Waals surface area contributed by atoms with Crippen LogP contribution in [0.2, 0.25) is 0 Å². The Kier molecular flexibility index (Phi) is 8.84. The van der Waals surface area contributed by atoms with Crippen LogP contribution in [0.15, 0.2) is 35.9 Å². The predicted molar refractivity (Wildman–Crippen MR) is 97.4 cm³/mol. The number of carbonyl (C=O) groups excluding carboxylic acids is 2. The molecule has 1 aromatic rings. The Labute approximate surface area is 145 Å². The first kappa shape index (κ1) is 19.9. The van der Waals surface area contributed by atoms with E-state index in [-0.39, 0.29) is 24.7 Å². The minimum Gasteiger partial charge on any atom is -0.466 e. The summed E-state index contributed by atoms with van der Waals surface area (Å²) in [5.41, 5.74) is 2.24. The summed E-state index contributed by atoms with van der Waals surface area (Å²) in [5, 5.41) is 0. The number of rotatable bonds is 9. The molecule has 0 N–H and O–H groups in total. The molecule has 0 radical (unpaired) electrons. The number of nitrogens with zero attached hydrogens (tertiary/aromatic N) is 1. The topological polar surface area (TPSA) is 46.6 Å². The maximum Gasteiger partial charge on any atom is 0.306 e. The fourth-order valence-electron chi connectivity index (χ4n) is 2.48. The third kappa shape index (κ3) is 7.95. The van der Waals surface area contributed by atoms with E-state index in [1.54, 1.807) is 6.92 Å². The smallest absolute Gasteiger partial charge is 0.306 e. The predicted octanol–water partition coefficient (Wildman–Crippen LogP) is 3.92. The molecule has 24 heavy (non-hydrogen) atoms. The lowest BCUT2D eigenvalue weighted by Gasteiger charge is -2.25. The van der Waals surface area contributed by atoms with E-state index in [1.807, 2.05) is 42.2 Å². The average Bonchev–Trinajstić information content (AvgIpc) is 2.52. The Morgan fingerprint density at radius 1 is 1.17 bits per heavy atom. The number of esters is 1. The lowest BCUT2D eigenvalue weighted by atomic mass is 10.1. The number of amides is 1. The minimum absolute atomic E-state index is 0.00225. The Morgan fingerprint density at radius 2 is 1.83 bits per heavy atom. The lowest BCUT2D eigenvalue weighted by Crippen LogP contribution is -2.35. The van der Waals surface area contributed by atoms with Crippen LogP contribution in [0, 0.1) is 5.92 Å². The Bertz CT molecular complexity index is 549. The van der Waals surface area contributed by atoms with Gasteiger partial charge < -0.3 is 9.64 Å². The van der Waals surface area contributed by atoms with Crippen molar-refractivity contribution in [2.75, 3.05) is 19.7 Å². The highest BCUT2D eigenvalue weighted by Crippen LogP contribution is 2.11. The third-order valence-electron chi connectivity index (χ3n) is 3.44. The van der Waals surface area contributed by atoms with Gasteiger partial charge in [0.2, 0.25) is 5.91 Å². The molecule has 132 valence electrons. The van der Waals surface area contributed by atoms with Gasteiger partial charge in [0.05, 0.1) is 13.0 Å². The van der Waals surface area contributed by atoms with Crippen molar-refractivity contribution in [3.05, 3.63) is 41.5 Å². The van der Waals surface area contributed by atoms with Crippen molar-refractivity contribution >= 4 is 18.0 Å². The number of hydrogen-bond donors (Lipinski definition) is 0. The number of ether oxygens (including phenoxy) is 1. The largest absolute Gasteiger partial charge is 0.466 e. The van der Waals surface area contributed by atoms with E-state index in [4.69, 9.17) is 4.74 Å². The van der Waals surface area contributed by atoms with Gasteiger partial charge >= 0.3 is 5.97 Å². The maximum absolute atomic E-state index is 12.5. The zero-order chi connectivity index (χ0) is 17.9. The molecule has 0 aliphatic heterocycles. The highest BCUT2D eigenvalue weighted by atomic mass is 16.5. The fourth-order valence-corrected chi connectivity index (χ4v) is 2.48. The van der Waals surface area contributed by atoms with E-state index in [0.29, 0.717) is 25.6 Å². The molecule has 0 saturated heterocycles. The van der Waals surface area contributed by atoms with Crippen molar-refractivity contribution in [3.63, 3.8) is 0 Å². The molecule has 0 spiro atoms. The van der Waals surface area contributed by atoms with E-state index in [1.165, 1.54) is 0 Å². The van der Waals surface area contributed by atoms with Crippen LogP contribution in [0.3, 0.4) is 0 Å². The summed E-state index contributed by atoms with van der Waals surface area (Å²) in [6.45, 7) is 9.57. The summed E-state index contributed by atoms with van der Waals surface area (Å²) in [7, 11) is 0. The molecule has 0 aromatic heterocycles. The van der Waals surface area contributed by atoms with Gasteiger partial charge in [0, 0.05) is 19.5 Å². The van der Waals surface area contributed by atoms with Gasteiger partial charge in [-0.05, 0) is 25.3 Å². The molecule has 1 aromatic carbocycles. The lowest BCUT2D eigenvalue weighted by molar-refractivity contribution is -0.145. The second-order valence-corrected chi connectivity index (χ2v) is 6.37. The van der Waals surface area contributed by atoms with Crippen LogP contribution in [0.1, 0.15) is 46.1 Å². The zero-order valence-corrected chi connectivity index (χ0v) is 15.2. The summed E-state index contributed by atoms with van der Waals surface area (Å²) >= 11 is 0. The quantitative estimate of drug-likeness (QED) is 0.644. The van der Waals surface area contributed by atoms with Crippen LogP contribution in [-0.4, -0.2) is 36.5 Å². The van der Waals surface area contributed by atoms with Crippen LogP contribution in [0.25, 0.3) is 6.08 Å². The normalized spacial score (nSPS) is 11.5. The Balaban J connectivity index is 2.68. The van der Waals surface area contributed by atoms with Gasteiger partial charge in [0.15, 0.2) is 0 Å².